The van der Waals surface area contributed by atoms with E-state index in [1.807, 2.05) is 17.0 Å². The number of nitrogens with zero attached hydrogens (tertiary/aromatic N) is 2. The summed E-state index contributed by atoms with van der Waals surface area (Å²) in [6.45, 7) is 5.82. The summed E-state index contributed by atoms with van der Waals surface area (Å²) in [4.78, 5) is 18.0. The predicted molar refractivity (Wildman–Crippen MR) is 75.8 cm³/mol. The maximum atomic E-state index is 11.5. The van der Waals surface area contributed by atoms with Gasteiger partial charge >= 0.3 is 0 Å². The quantitative estimate of drug-likeness (QED) is 0.831. The van der Waals surface area contributed by atoms with E-state index >= 15 is 0 Å². The summed E-state index contributed by atoms with van der Waals surface area (Å²) in [7, 11) is 0. The molecule has 3 N–H and O–H groups in total. The highest BCUT2D eigenvalue weighted by Crippen LogP contribution is 2.26. The lowest BCUT2D eigenvalue weighted by molar-refractivity contribution is -0.119. The average molecular weight is 262 g/mol. The first-order chi connectivity index (χ1) is 9.09. The zero-order valence-corrected chi connectivity index (χ0v) is 11.6. The lowest BCUT2D eigenvalue weighted by Crippen LogP contribution is -2.41. The molecule has 5 heteroatoms. The van der Waals surface area contributed by atoms with E-state index < -0.39 is 0 Å². The molecule has 104 valence electrons. The third-order valence-corrected chi connectivity index (χ3v) is 3.42. The van der Waals surface area contributed by atoms with Gasteiger partial charge in [0.15, 0.2) is 0 Å². The Balaban J connectivity index is 2.21. The second-order valence-corrected chi connectivity index (χ2v) is 5.28. The standard InChI is InChI=1S/C14H22N4O/c1-10(2)17-9-11-5-3-7-16-14(11)18-8-4-6-12(18)13(15)19/h3,5,7,10,12,17H,4,6,8-9H2,1-2H3,(H2,15,19). The molecular weight excluding hydrogens is 240 g/mol. The van der Waals surface area contributed by atoms with Gasteiger partial charge in [-0.2, -0.15) is 0 Å². The van der Waals surface area contributed by atoms with Crippen LogP contribution in [0, 0.1) is 0 Å². The molecule has 0 bridgehead atoms. The van der Waals surface area contributed by atoms with Crippen LogP contribution in [0.2, 0.25) is 0 Å². The van der Waals surface area contributed by atoms with Gasteiger partial charge in [0.25, 0.3) is 0 Å². The van der Waals surface area contributed by atoms with Crippen molar-refractivity contribution >= 4 is 11.7 Å². The summed E-state index contributed by atoms with van der Waals surface area (Å²) in [5.41, 5.74) is 6.59. The van der Waals surface area contributed by atoms with Crippen molar-refractivity contribution in [3.63, 3.8) is 0 Å². The number of hydrogen-bond donors (Lipinski definition) is 2. The maximum absolute atomic E-state index is 11.5. The molecule has 1 aliphatic heterocycles. The van der Waals surface area contributed by atoms with E-state index in [1.54, 1.807) is 6.20 Å². The van der Waals surface area contributed by atoms with Crippen LogP contribution < -0.4 is 16.0 Å². The second kappa shape index (κ2) is 6.02. The number of nitrogens with two attached hydrogens (primary N) is 1. The third-order valence-electron chi connectivity index (χ3n) is 3.42. The van der Waals surface area contributed by atoms with Gasteiger partial charge in [-0.15, -0.1) is 0 Å². The van der Waals surface area contributed by atoms with Gasteiger partial charge < -0.3 is 16.0 Å². The summed E-state index contributed by atoms with van der Waals surface area (Å²) >= 11 is 0. The zero-order chi connectivity index (χ0) is 13.8. The van der Waals surface area contributed by atoms with Crippen LogP contribution in [-0.2, 0) is 11.3 Å². The number of primary amides is 1. The number of nitrogens with one attached hydrogen (secondary N) is 1. The minimum Gasteiger partial charge on any atom is -0.368 e. The molecule has 1 amide bonds. The van der Waals surface area contributed by atoms with E-state index in [2.05, 4.69) is 24.1 Å². The van der Waals surface area contributed by atoms with Crippen molar-refractivity contribution in [3.05, 3.63) is 23.9 Å². The van der Waals surface area contributed by atoms with E-state index in [-0.39, 0.29) is 11.9 Å². The lowest BCUT2D eigenvalue weighted by atomic mass is 10.2. The summed E-state index contributed by atoms with van der Waals surface area (Å²) in [6.07, 6.45) is 3.58. The van der Waals surface area contributed by atoms with E-state index in [0.29, 0.717) is 6.04 Å². The number of rotatable bonds is 5. The molecule has 1 saturated heterocycles. The summed E-state index contributed by atoms with van der Waals surface area (Å²) in [5, 5.41) is 3.39. The number of pyridine rings is 1. The van der Waals surface area contributed by atoms with E-state index in [0.717, 1.165) is 37.3 Å². The summed E-state index contributed by atoms with van der Waals surface area (Å²) in [6, 6.07) is 4.18. The van der Waals surface area contributed by atoms with Crippen LogP contribution in [0.1, 0.15) is 32.3 Å². The van der Waals surface area contributed by atoms with Crippen LogP contribution >= 0.6 is 0 Å². The fraction of sp³-hybridized carbons (Fsp3) is 0.571. The van der Waals surface area contributed by atoms with Crippen molar-refractivity contribution in [1.29, 1.82) is 0 Å². The van der Waals surface area contributed by atoms with Crippen molar-refractivity contribution in [2.75, 3.05) is 11.4 Å². The van der Waals surface area contributed by atoms with Crippen LogP contribution in [0.15, 0.2) is 18.3 Å². The Morgan fingerprint density at radius 3 is 3.11 bits per heavy atom. The molecule has 1 atom stereocenters. The van der Waals surface area contributed by atoms with Gasteiger partial charge in [0.1, 0.15) is 11.9 Å². The average Bonchev–Trinajstić information content (AvgIpc) is 2.85. The molecule has 1 aliphatic rings. The van der Waals surface area contributed by atoms with E-state index in [9.17, 15) is 4.79 Å². The minimum absolute atomic E-state index is 0.215. The van der Waals surface area contributed by atoms with Gasteiger partial charge in [-0.25, -0.2) is 4.98 Å². The van der Waals surface area contributed by atoms with Crippen LogP contribution in [0.3, 0.4) is 0 Å². The van der Waals surface area contributed by atoms with Gasteiger partial charge in [0, 0.05) is 30.9 Å². The monoisotopic (exact) mass is 262 g/mol. The Bertz CT molecular complexity index is 447. The molecule has 0 radical (unpaired) electrons. The Hall–Kier alpha value is -1.62. The molecular formula is C14H22N4O. The summed E-state index contributed by atoms with van der Waals surface area (Å²) < 4.78 is 0. The first-order valence-electron chi connectivity index (χ1n) is 6.83. The Kier molecular flexibility index (Phi) is 4.37. The molecule has 0 spiro atoms. The number of aromatic nitrogens is 1. The van der Waals surface area contributed by atoms with Crippen LogP contribution in [-0.4, -0.2) is 29.5 Å². The Labute approximate surface area is 114 Å². The van der Waals surface area contributed by atoms with Gasteiger partial charge in [0.05, 0.1) is 0 Å². The van der Waals surface area contributed by atoms with Gasteiger partial charge in [0.2, 0.25) is 5.91 Å². The highest BCUT2D eigenvalue weighted by atomic mass is 16.1. The fourth-order valence-electron chi connectivity index (χ4n) is 2.46. The number of carbonyl (C=O) groups is 1. The van der Waals surface area contributed by atoms with Crippen LogP contribution in [0.25, 0.3) is 0 Å². The number of anilines is 1. The number of amides is 1. The smallest absolute Gasteiger partial charge is 0.240 e. The number of hydrogen-bond acceptors (Lipinski definition) is 4. The molecule has 19 heavy (non-hydrogen) atoms. The Morgan fingerprint density at radius 1 is 1.63 bits per heavy atom. The van der Waals surface area contributed by atoms with Gasteiger partial charge in [-0.05, 0) is 18.9 Å². The summed E-state index contributed by atoms with van der Waals surface area (Å²) in [5.74, 6) is 0.628. The molecule has 2 rings (SSSR count). The molecule has 1 unspecified atom stereocenters. The Morgan fingerprint density at radius 2 is 2.42 bits per heavy atom. The van der Waals surface area contributed by atoms with Crippen molar-refractivity contribution in [1.82, 2.24) is 10.3 Å². The lowest BCUT2D eigenvalue weighted by Gasteiger charge is -2.25. The first kappa shape index (κ1) is 13.8. The van der Waals surface area contributed by atoms with Crippen molar-refractivity contribution < 1.29 is 4.79 Å². The van der Waals surface area contributed by atoms with Crippen LogP contribution in [0.5, 0.6) is 0 Å². The largest absolute Gasteiger partial charge is 0.368 e. The SMILES string of the molecule is CC(C)NCc1cccnc1N1CCCC1C(N)=O. The molecule has 2 heterocycles. The molecule has 5 nitrogen and oxygen atoms in total. The highest BCUT2D eigenvalue weighted by molar-refractivity contribution is 5.84. The minimum atomic E-state index is -0.258. The van der Waals surface area contributed by atoms with Gasteiger partial charge in [-0.3, -0.25) is 4.79 Å². The number of carbonyl (C=O) groups excluding carboxylic acids is 1. The molecule has 1 aromatic rings. The van der Waals surface area contributed by atoms with E-state index in [4.69, 9.17) is 5.73 Å². The maximum Gasteiger partial charge on any atom is 0.240 e. The molecule has 0 saturated carbocycles. The van der Waals surface area contributed by atoms with Crippen molar-refractivity contribution in [2.45, 2.75) is 45.3 Å². The predicted octanol–water partition coefficient (Wildman–Crippen LogP) is 1.03. The molecule has 1 aromatic heterocycles. The van der Waals surface area contributed by atoms with E-state index in [1.165, 1.54) is 0 Å². The third kappa shape index (κ3) is 3.23. The molecule has 0 aliphatic carbocycles. The second-order valence-electron chi connectivity index (χ2n) is 5.28. The normalized spacial score (nSPS) is 19.1. The fourth-order valence-corrected chi connectivity index (χ4v) is 2.46. The topological polar surface area (TPSA) is 71.2 Å². The van der Waals surface area contributed by atoms with Crippen molar-refractivity contribution in [2.24, 2.45) is 5.73 Å². The molecule has 0 aromatic carbocycles. The molecule has 1 fully saturated rings. The highest BCUT2D eigenvalue weighted by Gasteiger charge is 2.31. The zero-order valence-electron chi connectivity index (χ0n) is 11.6. The van der Waals surface area contributed by atoms with Crippen LogP contribution in [0.4, 0.5) is 5.82 Å². The van der Waals surface area contributed by atoms with Crippen molar-refractivity contribution in [3.8, 4) is 0 Å². The first-order valence-corrected chi connectivity index (χ1v) is 6.83. The van der Waals surface area contributed by atoms with Gasteiger partial charge in [-0.1, -0.05) is 19.9 Å².